The number of carbonyl (C=O) groups excluding carboxylic acids is 1. The molecule has 1 aliphatic rings. The number of hydrogen-bond acceptors (Lipinski definition) is 5. The van der Waals surface area contributed by atoms with Gasteiger partial charge in [-0.3, -0.25) is 0 Å². The molecule has 142 valence electrons. The molecule has 1 aliphatic heterocycles. The number of ether oxygens (including phenoxy) is 1. The summed E-state index contributed by atoms with van der Waals surface area (Å²) < 4.78 is 5.07. The van der Waals surface area contributed by atoms with Crippen LogP contribution in [0.15, 0.2) is 66.2 Å². The van der Waals surface area contributed by atoms with Crippen LogP contribution in [0.2, 0.25) is 0 Å². The van der Waals surface area contributed by atoms with Crippen LogP contribution < -0.4 is 0 Å². The van der Waals surface area contributed by atoms with Crippen molar-refractivity contribution >= 4 is 11.7 Å². The van der Waals surface area contributed by atoms with Gasteiger partial charge in [0.1, 0.15) is 5.57 Å². The topological polar surface area (TPSA) is 59.0 Å². The fourth-order valence-electron chi connectivity index (χ4n) is 3.31. The van der Waals surface area contributed by atoms with E-state index in [1.54, 1.807) is 0 Å². The molecule has 2 aromatic carbocycles. The summed E-state index contributed by atoms with van der Waals surface area (Å²) in [4.78, 5) is 18.8. The molecule has 0 saturated heterocycles. The van der Waals surface area contributed by atoms with Crippen molar-refractivity contribution in [2.75, 3.05) is 13.7 Å². The van der Waals surface area contributed by atoms with Gasteiger partial charge >= 0.3 is 5.97 Å². The number of hydrogen-bond donors (Lipinski definition) is 1. The molecule has 3 rings (SSSR count). The maximum Gasteiger partial charge on any atom is 0.339 e. The molecule has 0 saturated carbocycles. The van der Waals surface area contributed by atoms with Gasteiger partial charge in [0.25, 0.3) is 0 Å². The SMILES string of the molecule is COC(=O)C1=C(c2ccccc2)ON(Cc2ccccc2)[C@@H]1CCCCO. The zero-order chi connectivity index (χ0) is 19.1. The Kier molecular flexibility index (Phi) is 6.63. The highest BCUT2D eigenvalue weighted by Gasteiger charge is 2.39. The monoisotopic (exact) mass is 367 g/mol. The third kappa shape index (κ3) is 4.56. The van der Waals surface area contributed by atoms with Crippen molar-refractivity contribution in [3.63, 3.8) is 0 Å². The number of rotatable bonds is 8. The van der Waals surface area contributed by atoms with E-state index >= 15 is 0 Å². The van der Waals surface area contributed by atoms with E-state index in [-0.39, 0.29) is 18.6 Å². The molecule has 2 aromatic rings. The lowest BCUT2D eigenvalue weighted by Gasteiger charge is -2.24. The Morgan fingerprint density at radius 2 is 1.74 bits per heavy atom. The van der Waals surface area contributed by atoms with Crippen LogP contribution >= 0.6 is 0 Å². The Balaban J connectivity index is 1.94. The van der Waals surface area contributed by atoms with Crippen molar-refractivity contribution in [2.45, 2.75) is 31.8 Å². The third-order valence-electron chi connectivity index (χ3n) is 4.64. The molecular weight excluding hydrogens is 342 g/mol. The molecule has 5 nitrogen and oxygen atoms in total. The van der Waals surface area contributed by atoms with E-state index in [0.717, 1.165) is 17.5 Å². The molecule has 0 aliphatic carbocycles. The van der Waals surface area contributed by atoms with E-state index in [1.165, 1.54) is 7.11 Å². The first kappa shape index (κ1) is 19.1. The fourth-order valence-corrected chi connectivity index (χ4v) is 3.31. The van der Waals surface area contributed by atoms with Crippen LogP contribution in [0.5, 0.6) is 0 Å². The Morgan fingerprint density at radius 1 is 1.07 bits per heavy atom. The summed E-state index contributed by atoms with van der Waals surface area (Å²) in [7, 11) is 1.39. The lowest BCUT2D eigenvalue weighted by atomic mass is 9.97. The minimum Gasteiger partial charge on any atom is -0.466 e. The van der Waals surface area contributed by atoms with E-state index < -0.39 is 0 Å². The molecule has 1 atom stereocenters. The highest BCUT2D eigenvalue weighted by molar-refractivity contribution is 5.98. The first-order valence-electron chi connectivity index (χ1n) is 9.22. The fraction of sp³-hybridized carbons (Fsp3) is 0.318. The Morgan fingerprint density at radius 3 is 2.37 bits per heavy atom. The van der Waals surface area contributed by atoms with Crippen LogP contribution in [0.4, 0.5) is 0 Å². The molecule has 0 bridgehead atoms. The van der Waals surface area contributed by atoms with Crippen LogP contribution in [-0.2, 0) is 20.9 Å². The van der Waals surface area contributed by atoms with E-state index in [9.17, 15) is 4.79 Å². The first-order chi connectivity index (χ1) is 13.2. The van der Waals surface area contributed by atoms with Gasteiger partial charge in [-0.05, 0) is 24.8 Å². The lowest BCUT2D eigenvalue weighted by Crippen LogP contribution is -2.32. The Bertz CT molecular complexity index is 773. The molecule has 27 heavy (non-hydrogen) atoms. The summed E-state index contributed by atoms with van der Waals surface area (Å²) in [5.74, 6) is 0.172. The average Bonchev–Trinajstić information content (AvgIpc) is 3.07. The zero-order valence-corrected chi connectivity index (χ0v) is 15.5. The Labute approximate surface area is 159 Å². The predicted molar refractivity (Wildman–Crippen MR) is 103 cm³/mol. The number of nitrogens with zero attached hydrogens (tertiary/aromatic N) is 1. The van der Waals surface area contributed by atoms with E-state index in [2.05, 4.69) is 0 Å². The third-order valence-corrected chi connectivity index (χ3v) is 4.64. The molecule has 0 fully saturated rings. The molecule has 1 heterocycles. The highest BCUT2D eigenvalue weighted by Crippen LogP contribution is 2.37. The van der Waals surface area contributed by atoms with Gasteiger partial charge in [0.15, 0.2) is 5.76 Å². The van der Waals surface area contributed by atoms with Crippen LogP contribution in [0.25, 0.3) is 5.76 Å². The normalized spacial score (nSPS) is 17.0. The van der Waals surface area contributed by atoms with Crippen LogP contribution in [0.1, 0.15) is 30.4 Å². The second kappa shape index (κ2) is 9.35. The summed E-state index contributed by atoms with van der Waals surface area (Å²) in [6, 6.07) is 19.4. The number of aliphatic hydroxyl groups is 1. The standard InChI is InChI=1S/C22H25NO4/c1-26-22(25)20-19(14-8-9-15-24)23(16-17-10-4-2-5-11-17)27-21(20)18-12-6-3-7-13-18/h2-7,10-13,19,24H,8-9,14-16H2,1H3/t19-/m1/s1. The number of benzene rings is 2. The number of unbranched alkanes of at least 4 members (excludes halogenated alkanes) is 1. The molecular formula is C22H25NO4. The quantitative estimate of drug-likeness (QED) is 0.571. The van der Waals surface area contributed by atoms with Gasteiger partial charge in [-0.15, -0.1) is 5.06 Å². The lowest BCUT2D eigenvalue weighted by molar-refractivity contribution is -0.138. The van der Waals surface area contributed by atoms with Gasteiger partial charge in [0.2, 0.25) is 0 Å². The van der Waals surface area contributed by atoms with Gasteiger partial charge in [-0.25, -0.2) is 4.79 Å². The van der Waals surface area contributed by atoms with Crippen molar-refractivity contribution in [1.29, 1.82) is 0 Å². The zero-order valence-electron chi connectivity index (χ0n) is 15.5. The van der Waals surface area contributed by atoms with Gasteiger partial charge in [0, 0.05) is 12.2 Å². The van der Waals surface area contributed by atoms with E-state index in [0.29, 0.717) is 30.7 Å². The van der Waals surface area contributed by atoms with Crippen molar-refractivity contribution < 1.29 is 19.5 Å². The maximum atomic E-state index is 12.6. The van der Waals surface area contributed by atoms with Gasteiger partial charge in [-0.1, -0.05) is 60.7 Å². The number of methoxy groups -OCH3 is 1. The molecule has 0 amide bonds. The average molecular weight is 367 g/mol. The molecule has 0 unspecified atom stereocenters. The van der Waals surface area contributed by atoms with Crippen molar-refractivity contribution in [3.05, 3.63) is 77.4 Å². The highest BCUT2D eigenvalue weighted by atomic mass is 16.7. The maximum absolute atomic E-state index is 12.6. The first-order valence-corrected chi connectivity index (χ1v) is 9.22. The Hall–Kier alpha value is -2.63. The summed E-state index contributed by atoms with van der Waals surface area (Å²) in [5.41, 5.74) is 2.49. The van der Waals surface area contributed by atoms with Crippen LogP contribution in [0, 0.1) is 0 Å². The van der Waals surface area contributed by atoms with Gasteiger partial charge in [-0.2, -0.15) is 0 Å². The van der Waals surface area contributed by atoms with Crippen molar-refractivity contribution in [3.8, 4) is 0 Å². The van der Waals surface area contributed by atoms with Crippen molar-refractivity contribution in [2.24, 2.45) is 0 Å². The minimum absolute atomic E-state index is 0.134. The molecule has 5 heteroatoms. The number of hydroxylamine groups is 2. The number of esters is 1. The summed E-state index contributed by atoms with van der Waals surface area (Å²) in [6.45, 7) is 0.691. The van der Waals surface area contributed by atoms with Crippen LogP contribution in [0.3, 0.4) is 0 Å². The summed E-state index contributed by atoms with van der Waals surface area (Å²) >= 11 is 0. The van der Waals surface area contributed by atoms with Crippen LogP contribution in [-0.4, -0.2) is 35.9 Å². The number of carbonyl (C=O) groups is 1. The van der Waals surface area contributed by atoms with E-state index in [1.807, 2.05) is 65.7 Å². The molecule has 0 aromatic heterocycles. The minimum atomic E-state index is -0.376. The molecule has 1 N–H and O–H groups in total. The number of aliphatic hydroxyl groups excluding tert-OH is 1. The van der Waals surface area contributed by atoms with Gasteiger partial charge < -0.3 is 14.7 Å². The second-order valence-electron chi connectivity index (χ2n) is 6.49. The summed E-state index contributed by atoms with van der Waals surface area (Å²) in [5, 5.41) is 11.0. The largest absolute Gasteiger partial charge is 0.466 e. The molecule has 0 radical (unpaired) electrons. The van der Waals surface area contributed by atoms with Crippen molar-refractivity contribution in [1.82, 2.24) is 5.06 Å². The van der Waals surface area contributed by atoms with Gasteiger partial charge in [0.05, 0.1) is 19.7 Å². The predicted octanol–water partition coefficient (Wildman–Crippen LogP) is 3.55. The van der Waals surface area contributed by atoms with E-state index in [4.69, 9.17) is 14.7 Å². The summed E-state index contributed by atoms with van der Waals surface area (Å²) in [6.07, 6.45) is 2.18. The second-order valence-corrected chi connectivity index (χ2v) is 6.49. The molecule has 0 spiro atoms. The smallest absolute Gasteiger partial charge is 0.339 e.